The van der Waals surface area contributed by atoms with Gasteiger partial charge in [0.25, 0.3) is 0 Å². The number of hydrogen-bond acceptors (Lipinski definition) is 3. The Kier molecular flexibility index (Phi) is 4.98. The number of ether oxygens (including phenoxy) is 1. The second-order valence-electron chi connectivity index (χ2n) is 4.33. The van der Waals surface area contributed by atoms with E-state index in [0.717, 1.165) is 37.2 Å². The molecule has 1 atom stereocenters. The van der Waals surface area contributed by atoms with Gasteiger partial charge in [0.1, 0.15) is 0 Å². The highest BCUT2D eigenvalue weighted by Gasteiger charge is 2.17. The summed E-state index contributed by atoms with van der Waals surface area (Å²) in [5.74, 6) is 0. The molecule has 0 radical (unpaired) electrons. The van der Waals surface area contributed by atoms with E-state index in [1.54, 1.807) is 7.11 Å². The number of hydrogen-bond donors (Lipinski definition) is 1. The molecule has 3 nitrogen and oxygen atoms in total. The van der Waals surface area contributed by atoms with Crippen LogP contribution in [0, 0.1) is 0 Å². The molecule has 1 N–H and O–H groups in total. The van der Waals surface area contributed by atoms with Crippen molar-refractivity contribution in [2.75, 3.05) is 39.8 Å². The molecule has 17 heavy (non-hydrogen) atoms. The first-order valence-corrected chi connectivity index (χ1v) is 6.80. The molecule has 1 aromatic carbocycles. The van der Waals surface area contributed by atoms with Crippen LogP contribution in [0.4, 0.5) is 0 Å². The monoisotopic (exact) mass is 298 g/mol. The normalized spacial score (nSPS) is 19.2. The average Bonchev–Trinajstić information content (AvgIpc) is 2.37. The number of piperazine rings is 1. The van der Waals surface area contributed by atoms with Crippen LogP contribution in [-0.2, 0) is 4.74 Å². The van der Waals surface area contributed by atoms with Crippen molar-refractivity contribution in [2.45, 2.75) is 6.10 Å². The quantitative estimate of drug-likeness (QED) is 0.921. The van der Waals surface area contributed by atoms with Crippen molar-refractivity contribution in [2.24, 2.45) is 0 Å². The molecule has 0 aliphatic carbocycles. The zero-order chi connectivity index (χ0) is 12.1. The average molecular weight is 299 g/mol. The van der Waals surface area contributed by atoms with Crippen molar-refractivity contribution in [3.8, 4) is 0 Å². The van der Waals surface area contributed by atoms with Gasteiger partial charge < -0.3 is 10.1 Å². The largest absolute Gasteiger partial charge is 0.375 e. The second-order valence-corrected chi connectivity index (χ2v) is 5.25. The minimum absolute atomic E-state index is 0.158. The van der Waals surface area contributed by atoms with E-state index in [2.05, 4.69) is 44.3 Å². The third-order valence-electron chi connectivity index (χ3n) is 3.14. The highest BCUT2D eigenvalue weighted by atomic mass is 79.9. The Hall–Kier alpha value is -0.420. The van der Waals surface area contributed by atoms with Gasteiger partial charge in [0.15, 0.2) is 0 Å². The highest BCUT2D eigenvalue weighted by Crippen LogP contribution is 2.21. The zero-order valence-electron chi connectivity index (χ0n) is 10.2. The van der Waals surface area contributed by atoms with Crippen molar-refractivity contribution in [1.29, 1.82) is 0 Å². The van der Waals surface area contributed by atoms with E-state index in [0.29, 0.717) is 0 Å². The Morgan fingerprint density at radius 3 is 2.82 bits per heavy atom. The molecular weight excluding hydrogens is 280 g/mol. The fraction of sp³-hybridized carbons (Fsp3) is 0.538. The molecular formula is C13H19BrN2O. The maximum Gasteiger partial charge on any atom is 0.0948 e. The van der Waals surface area contributed by atoms with Crippen molar-refractivity contribution in [3.05, 3.63) is 34.3 Å². The Balaban J connectivity index is 2.00. The Morgan fingerprint density at radius 2 is 2.18 bits per heavy atom. The van der Waals surface area contributed by atoms with Gasteiger partial charge in [-0.3, -0.25) is 4.90 Å². The summed E-state index contributed by atoms with van der Waals surface area (Å²) in [7, 11) is 1.79. The van der Waals surface area contributed by atoms with E-state index in [1.165, 1.54) is 5.56 Å². The number of nitrogens with one attached hydrogen (secondary N) is 1. The summed E-state index contributed by atoms with van der Waals surface area (Å²) in [6.45, 7) is 5.33. The summed E-state index contributed by atoms with van der Waals surface area (Å²) in [5, 5.41) is 3.36. The van der Waals surface area contributed by atoms with Crippen LogP contribution in [0.3, 0.4) is 0 Å². The van der Waals surface area contributed by atoms with Crippen LogP contribution < -0.4 is 5.32 Å². The lowest BCUT2D eigenvalue weighted by Crippen LogP contribution is -2.45. The van der Waals surface area contributed by atoms with Crippen LogP contribution in [0.15, 0.2) is 28.7 Å². The van der Waals surface area contributed by atoms with Crippen LogP contribution in [0.2, 0.25) is 0 Å². The smallest absolute Gasteiger partial charge is 0.0948 e. The molecule has 0 bridgehead atoms. The number of benzene rings is 1. The Bertz CT molecular complexity index is 353. The van der Waals surface area contributed by atoms with Gasteiger partial charge in [0, 0.05) is 44.3 Å². The van der Waals surface area contributed by atoms with Crippen molar-refractivity contribution >= 4 is 15.9 Å². The first-order valence-electron chi connectivity index (χ1n) is 6.01. The summed E-state index contributed by atoms with van der Waals surface area (Å²) >= 11 is 3.51. The third kappa shape index (κ3) is 3.78. The summed E-state index contributed by atoms with van der Waals surface area (Å²) in [4.78, 5) is 2.45. The first-order chi connectivity index (χ1) is 8.29. The topological polar surface area (TPSA) is 24.5 Å². The molecule has 1 fully saturated rings. The van der Waals surface area contributed by atoms with Gasteiger partial charge in [0.05, 0.1) is 6.10 Å². The van der Waals surface area contributed by atoms with E-state index in [-0.39, 0.29) is 6.10 Å². The summed E-state index contributed by atoms with van der Waals surface area (Å²) < 4.78 is 6.72. The van der Waals surface area contributed by atoms with E-state index in [4.69, 9.17) is 4.74 Å². The molecule has 0 aromatic heterocycles. The van der Waals surface area contributed by atoms with Gasteiger partial charge in [-0.1, -0.05) is 28.1 Å². The molecule has 94 valence electrons. The first kappa shape index (κ1) is 13.0. The summed E-state index contributed by atoms with van der Waals surface area (Å²) in [6.07, 6.45) is 0.158. The molecule has 0 saturated carbocycles. The number of methoxy groups -OCH3 is 1. The lowest BCUT2D eigenvalue weighted by Gasteiger charge is -2.30. The van der Waals surface area contributed by atoms with Gasteiger partial charge in [-0.05, 0) is 17.7 Å². The minimum atomic E-state index is 0.158. The molecule has 1 heterocycles. The fourth-order valence-electron chi connectivity index (χ4n) is 2.15. The van der Waals surface area contributed by atoms with Crippen molar-refractivity contribution in [3.63, 3.8) is 0 Å². The second kappa shape index (κ2) is 6.50. The molecule has 4 heteroatoms. The van der Waals surface area contributed by atoms with Crippen molar-refractivity contribution in [1.82, 2.24) is 10.2 Å². The summed E-state index contributed by atoms with van der Waals surface area (Å²) in [6, 6.07) is 8.36. The molecule has 1 aliphatic heterocycles. The third-order valence-corrected chi connectivity index (χ3v) is 3.63. The standard InChI is InChI=1S/C13H19BrN2O/c1-17-13(10-16-7-5-15-6-8-16)11-3-2-4-12(14)9-11/h2-4,9,13,15H,5-8,10H2,1H3. The molecule has 0 amide bonds. The molecule has 1 saturated heterocycles. The maximum absolute atomic E-state index is 5.61. The van der Waals surface area contributed by atoms with Crippen LogP contribution >= 0.6 is 15.9 Å². The van der Waals surface area contributed by atoms with Gasteiger partial charge >= 0.3 is 0 Å². The summed E-state index contributed by atoms with van der Waals surface area (Å²) in [5.41, 5.74) is 1.24. The highest BCUT2D eigenvalue weighted by molar-refractivity contribution is 9.10. The van der Waals surface area contributed by atoms with Gasteiger partial charge in [-0.15, -0.1) is 0 Å². The Labute approximate surface area is 111 Å². The van der Waals surface area contributed by atoms with E-state index < -0.39 is 0 Å². The molecule has 0 spiro atoms. The number of rotatable bonds is 4. The van der Waals surface area contributed by atoms with E-state index in [9.17, 15) is 0 Å². The lowest BCUT2D eigenvalue weighted by atomic mass is 10.1. The lowest BCUT2D eigenvalue weighted by molar-refractivity contribution is 0.0593. The minimum Gasteiger partial charge on any atom is -0.375 e. The van der Waals surface area contributed by atoms with Crippen LogP contribution in [-0.4, -0.2) is 44.7 Å². The maximum atomic E-state index is 5.61. The number of halogens is 1. The fourth-order valence-corrected chi connectivity index (χ4v) is 2.57. The van der Waals surface area contributed by atoms with Gasteiger partial charge in [-0.25, -0.2) is 0 Å². The predicted octanol–water partition coefficient (Wildman–Crippen LogP) is 2.04. The molecule has 1 aromatic rings. The SMILES string of the molecule is COC(CN1CCNCC1)c1cccc(Br)c1. The Morgan fingerprint density at radius 1 is 1.41 bits per heavy atom. The van der Waals surface area contributed by atoms with E-state index >= 15 is 0 Å². The van der Waals surface area contributed by atoms with Gasteiger partial charge in [-0.2, -0.15) is 0 Å². The van der Waals surface area contributed by atoms with Crippen LogP contribution in [0.1, 0.15) is 11.7 Å². The predicted molar refractivity (Wildman–Crippen MR) is 73.2 cm³/mol. The van der Waals surface area contributed by atoms with Crippen LogP contribution in [0.25, 0.3) is 0 Å². The van der Waals surface area contributed by atoms with Crippen LogP contribution in [0.5, 0.6) is 0 Å². The van der Waals surface area contributed by atoms with E-state index in [1.807, 2.05) is 6.07 Å². The zero-order valence-corrected chi connectivity index (χ0v) is 11.7. The molecule has 2 rings (SSSR count). The number of nitrogens with zero attached hydrogens (tertiary/aromatic N) is 1. The van der Waals surface area contributed by atoms with Crippen molar-refractivity contribution < 1.29 is 4.74 Å². The molecule has 1 aliphatic rings. The molecule has 1 unspecified atom stereocenters. The van der Waals surface area contributed by atoms with Gasteiger partial charge in [0.2, 0.25) is 0 Å².